The number of para-hydroxylation sites is 1. The number of H-pyrrole nitrogens is 1. The number of hydrogen-bond donors (Lipinski definition) is 1. The van der Waals surface area contributed by atoms with E-state index in [1.807, 2.05) is 18.2 Å². The molecule has 6 heteroatoms. The molecule has 6 nitrogen and oxygen atoms in total. The van der Waals surface area contributed by atoms with E-state index in [2.05, 4.69) is 15.0 Å². The first-order valence-corrected chi connectivity index (χ1v) is 8.64. The van der Waals surface area contributed by atoms with Crippen LogP contribution in [0.25, 0.3) is 10.9 Å². The van der Waals surface area contributed by atoms with Gasteiger partial charge in [0.1, 0.15) is 0 Å². The van der Waals surface area contributed by atoms with Crippen LogP contribution in [0, 0.1) is 0 Å². The second-order valence-electron chi connectivity index (χ2n) is 6.46. The van der Waals surface area contributed by atoms with E-state index in [1.165, 1.54) is 17.2 Å². The molecule has 0 bridgehead atoms. The summed E-state index contributed by atoms with van der Waals surface area (Å²) in [7, 11) is 0. The number of nitrogens with one attached hydrogen (secondary N) is 1. The van der Waals surface area contributed by atoms with Crippen molar-refractivity contribution >= 4 is 16.6 Å². The topological polar surface area (TPSA) is 71.0 Å². The fourth-order valence-electron chi connectivity index (χ4n) is 3.37. The molecule has 0 spiro atoms. The Balaban J connectivity index is 1.62. The van der Waals surface area contributed by atoms with Crippen molar-refractivity contribution in [1.82, 2.24) is 14.8 Å². The predicted molar refractivity (Wildman–Crippen MR) is 98.2 cm³/mol. The Hall–Kier alpha value is -2.89. The Morgan fingerprint density at radius 1 is 1.04 bits per heavy atom. The molecule has 0 atom stereocenters. The maximum absolute atomic E-state index is 12.4. The molecule has 1 aromatic carbocycles. The van der Waals surface area contributed by atoms with Gasteiger partial charge in [-0.1, -0.05) is 12.1 Å². The average molecular weight is 336 g/mol. The largest absolute Gasteiger partial charge is 0.370 e. The third-order valence-corrected chi connectivity index (χ3v) is 4.69. The summed E-state index contributed by atoms with van der Waals surface area (Å²) in [4.78, 5) is 30.0. The first-order chi connectivity index (χ1) is 12.2. The van der Waals surface area contributed by atoms with Gasteiger partial charge in [0.2, 0.25) is 0 Å². The van der Waals surface area contributed by atoms with Crippen molar-refractivity contribution in [2.45, 2.75) is 25.8 Å². The molecule has 25 heavy (non-hydrogen) atoms. The van der Waals surface area contributed by atoms with Crippen LogP contribution in [-0.4, -0.2) is 27.9 Å². The van der Waals surface area contributed by atoms with Crippen molar-refractivity contribution in [3.05, 3.63) is 68.9 Å². The number of piperidine rings is 1. The summed E-state index contributed by atoms with van der Waals surface area (Å²) in [6, 6.07) is 10.5. The first-order valence-electron chi connectivity index (χ1n) is 8.64. The van der Waals surface area contributed by atoms with Gasteiger partial charge in [0.15, 0.2) is 5.43 Å². The molecule has 0 unspecified atom stereocenters. The lowest BCUT2D eigenvalue weighted by molar-refractivity contribution is 0.570. The van der Waals surface area contributed by atoms with Crippen LogP contribution in [0.15, 0.2) is 52.2 Å². The minimum Gasteiger partial charge on any atom is -0.370 e. The molecule has 128 valence electrons. The summed E-state index contributed by atoms with van der Waals surface area (Å²) in [6.07, 6.45) is 5.30. The van der Waals surface area contributed by atoms with Crippen molar-refractivity contribution in [1.29, 1.82) is 0 Å². The van der Waals surface area contributed by atoms with Gasteiger partial charge in [0, 0.05) is 41.8 Å². The molecule has 1 fully saturated rings. The zero-order chi connectivity index (χ0) is 17.2. The van der Waals surface area contributed by atoms with Crippen molar-refractivity contribution in [3.63, 3.8) is 0 Å². The van der Waals surface area contributed by atoms with Crippen LogP contribution in [0.1, 0.15) is 25.0 Å². The molecule has 0 radical (unpaired) electrons. The minimum absolute atomic E-state index is 0.0534. The zero-order valence-corrected chi connectivity index (χ0v) is 13.9. The summed E-state index contributed by atoms with van der Waals surface area (Å²) >= 11 is 0. The number of rotatable bonds is 3. The van der Waals surface area contributed by atoms with Crippen LogP contribution in [0.3, 0.4) is 0 Å². The first kappa shape index (κ1) is 15.6. The lowest BCUT2D eigenvalue weighted by Gasteiger charge is -2.28. The van der Waals surface area contributed by atoms with Crippen LogP contribution >= 0.6 is 0 Å². The van der Waals surface area contributed by atoms with Gasteiger partial charge in [-0.2, -0.15) is 5.10 Å². The van der Waals surface area contributed by atoms with E-state index in [-0.39, 0.29) is 17.5 Å². The highest BCUT2D eigenvalue weighted by Gasteiger charge is 2.13. The van der Waals surface area contributed by atoms with Crippen LogP contribution in [0.5, 0.6) is 0 Å². The molecule has 3 aromatic rings. The van der Waals surface area contributed by atoms with Crippen molar-refractivity contribution in [2.75, 3.05) is 18.0 Å². The summed E-state index contributed by atoms with van der Waals surface area (Å²) in [6.45, 7) is 2.20. The summed E-state index contributed by atoms with van der Waals surface area (Å²) < 4.78 is 1.38. The summed E-state index contributed by atoms with van der Waals surface area (Å²) in [5.74, 6) is 0. The van der Waals surface area contributed by atoms with Gasteiger partial charge in [-0.05, 0) is 31.4 Å². The van der Waals surface area contributed by atoms with E-state index in [0.29, 0.717) is 11.1 Å². The molecule has 3 heterocycles. The van der Waals surface area contributed by atoms with Crippen molar-refractivity contribution < 1.29 is 0 Å². The fourth-order valence-corrected chi connectivity index (χ4v) is 3.37. The molecule has 0 amide bonds. The van der Waals surface area contributed by atoms with E-state index in [4.69, 9.17) is 0 Å². The molecular weight excluding hydrogens is 316 g/mol. The molecule has 0 saturated carbocycles. The second-order valence-corrected chi connectivity index (χ2v) is 6.46. The van der Waals surface area contributed by atoms with Crippen LogP contribution in [-0.2, 0) is 6.54 Å². The predicted octanol–water partition coefficient (Wildman–Crippen LogP) is 2.12. The normalized spacial score (nSPS) is 14.8. The highest BCUT2D eigenvalue weighted by molar-refractivity contribution is 5.78. The second kappa shape index (κ2) is 6.55. The highest BCUT2D eigenvalue weighted by atomic mass is 16.1. The van der Waals surface area contributed by atoms with Crippen LogP contribution in [0.2, 0.25) is 0 Å². The molecule has 1 aliphatic rings. The smallest absolute Gasteiger partial charge is 0.269 e. The van der Waals surface area contributed by atoms with E-state index in [1.54, 1.807) is 18.3 Å². The zero-order valence-electron chi connectivity index (χ0n) is 13.9. The maximum Gasteiger partial charge on any atom is 0.269 e. The number of pyridine rings is 1. The van der Waals surface area contributed by atoms with Gasteiger partial charge in [-0.15, -0.1) is 0 Å². The third-order valence-electron chi connectivity index (χ3n) is 4.69. The number of fused-ring (bicyclic) bond motifs is 1. The molecular formula is C19H20N4O2. The average Bonchev–Trinajstić information content (AvgIpc) is 2.64. The van der Waals surface area contributed by atoms with E-state index < -0.39 is 0 Å². The quantitative estimate of drug-likeness (QED) is 0.795. The monoisotopic (exact) mass is 336 g/mol. The Morgan fingerprint density at radius 3 is 2.64 bits per heavy atom. The van der Waals surface area contributed by atoms with E-state index in [9.17, 15) is 9.59 Å². The number of hydrogen-bond acceptors (Lipinski definition) is 4. The number of anilines is 1. The number of aromatic nitrogens is 3. The van der Waals surface area contributed by atoms with Crippen LogP contribution in [0.4, 0.5) is 5.69 Å². The number of benzene rings is 1. The number of nitrogens with zero attached hydrogens (tertiary/aromatic N) is 3. The number of aromatic amines is 1. The van der Waals surface area contributed by atoms with Crippen molar-refractivity contribution in [3.8, 4) is 0 Å². The SMILES string of the molecule is O=c1cc(Cn2ncc(N3CCCCC3)cc2=O)[nH]c2ccccc12. The molecule has 4 rings (SSSR count). The van der Waals surface area contributed by atoms with Gasteiger partial charge in [0.05, 0.1) is 18.4 Å². The summed E-state index contributed by atoms with van der Waals surface area (Å²) in [5, 5.41) is 4.94. The highest BCUT2D eigenvalue weighted by Crippen LogP contribution is 2.17. The van der Waals surface area contributed by atoms with Gasteiger partial charge in [-0.25, -0.2) is 4.68 Å². The van der Waals surface area contributed by atoms with E-state index >= 15 is 0 Å². The van der Waals surface area contributed by atoms with Gasteiger partial charge < -0.3 is 9.88 Å². The Labute approximate surface area is 144 Å². The standard InChI is InChI=1S/C19H20N4O2/c24-18-10-14(21-17-7-3-2-6-16(17)18)13-23-19(25)11-15(12-20-23)22-8-4-1-5-9-22/h2-3,6-7,10-12H,1,4-5,8-9,13H2,(H,21,24). The molecule has 1 aliphatic heterocycles. The molecule has 2 aromatic heterocycles. The maximum atomic E-state index is 12.4. The molecule has 1 N–H and O–H groups in total. The summed E-state index contributed by atoms with van der Waals surface area (Å²) in [5.41, 5.74) is 2.11. The fraction of sp³-hybridized carbons (Fsp3) is 0.316. The Morgan fingerprint density at radius 2 is 1.84 bits per heavy atom. The molecule has 1 saturated heterocycles. The van der Waals surface area contributed by atoms with Crippen molar-refractivity contribution in [2.24, 2.45) is 0 Å². The molecule has 0 aliphatic carbocycles. The minimum atomic E-state index is -0.155. The third kappa shape index (κ3) is 3.20. The Kier molecular flexibility index (Phi) is 4.09. The van der Waals surface area contributed by atoms with Gasteiger partial charge >= 0.3 is 0 Å². The van der Waals surface area contributed by atoms with Gasteiger partial charge in [0.25, 0.3) is 5.56 Å². The van der Waals surface area contributed by atoms with Gasteiger partial charge in [-0.3, -0.25) is 9.59 Å². The lowest BCUT2D eigenvalue weighted by atomic mass is 10.1. The Bertz CT molecular complexity index is 1020. The van der Waals surface area contributed by atoms with Crippen LogP contribution < -0.4 is 15.9 Å². The lowest BCUT2D eigenvalue weighted by Crippen LogP contribution is -2.32. The van der Waals surface area contributed by atoms with E-state index in [0.717, 1.165) is 37.1 Å².